The van der Waals surface area contributed by atoms with E-state index in [1.54, 1.807) is 31.4 Å². The van der Waals surface area contributed by atoms with Gasteiger partial charge in [0.05, 0.1) is 18.9 Å². The van der Waals surface area contributed by atoms with Gasteiger partial charge in [-0.15, -0.1) is 0 Å². The molecule has 112 valence electrons. The Morgan fingerprint density at radius 1 is 1.24 bits per heavy atom. The summed E-state index contributed by atoms with van der Waals surface area (Å²) in [6.45, 7) is 0. The molecule has 2 N–H and O–H groups in total. The number of benzene rings is 1. The molecule has 0 aliphatic heterocycles. The highest BCUT2D eigenvalue weighted by Crippen LogP contribution is 2.52. The molecule has 5 nitrogen and oxygen atoms in total. The number of nitrogens with one attached hydrogen (secondary N) is 1. The van der Waals surface area contributed by atoms with Crippen LogP contribution in [0.3, 0.4) is 0 Å². The topological polar surface area (TPSA) is 75.6 Å². The summed E-state index contributed by atoms with van der Waals surface area (Å²) in [5.74, 6) is -0.927. The minimum atomic E-state index is -0.840. The zero-order valence-electron chi connectivity index (χ0n) is 11.9. The first-order valence-corrected chi connectivity index (χ1v) is 7.28. The molecule has 21 heavy (non-hydrogen) atoms. The van der Waals surface area contributed by atoms with Crippen LogP contribution < -0.4 is 10.1 Å². The first-order valence-electron chi connectivity index (χ1n) is 7.28. The van der Waals surface area contributed by atoms with Crippen LogP contribution in [0, 0.1) is 23.7 Å². The Kier molecular flexibility index (Phi) is 3.57. The highest BCUT2D eigenvalue weighted by molar-refractivity contribution is 5.96. The van der Waals surface area contributed by atoms with Gasteiger partial charge in [-0.25, -0.2) is 0 Å². The third-order valence-electron chi connectivity index (χ3n) is 4.84. The number of hydrogen-bond acceptors (Lipinski definition) is 3. The van der Waals surface area contributed by atoms with E-state index in [0.29, 0.717) is 11.4 Å². The fraction of sp³-hybridized carbons (Fsp3) is 0.500. The van der Waals surface area contributed by atoms with E-state index in [1.165, 1.54) is 0 Å². The fourth-order valence-corrected chi connectivity index (χ4v) is 3.95. The predicted octanol–water partition coefficient (Wildman–Crippen LogP) is 2.38. The van der Waals surface area contributed by atoms with E-state index in [9.17, 15) is 14.7 Å². The van der Waals surface area contributed by atoms with Crippen LogP contribution in [-0.2, 0) is 9.59 Å². The molecule has 1 aromatic carbocycles. The highest BCUT2D eigenvalue weighted by atomic mass is 16.5. The molecule has 5 heteroatoms. The standard InChI is InChI=1S/C16H19NO4/c1-21-12-4-2-3-11(8-12)17-15(18)13-9-5-6-10(7-9)14(13)16(19)20/h2-4,8-10,13-14H,5-7H2,1H3,(H,17,18)(H,19,20)/t9-,10+,13-,14+/m1/s1. The Morgan fingerprint density at radius 3 is 2.62 bits per heavy atom. The van der Waals surface area contributed by atoms with E-state index < -0.39 is 17.8 Å². The highest BCUT2D eigenvalue weighted by Gasteiger charge is 2.53. The van der Waals surface area contributed by atoms with Gasteiger partial charge in [0.25, 0.3) is 0 Å². The number of amides is 1. The molecule has 0 radical (unpaired) electrons. The normalized spacial score (nSPS) is 30.1. The second-order valence-electron chi connectivity index (χ2n) is 5.94. The molecule has 2 aliphatic carbocycles. The first-order chi connectivity index (χ1) is 10.1. The molecule has 0 unspecified atom stereocenters. The van der Waals surface area contributed by atoms with Crippen LogP contribution >= 0.6 is 0 Å². The van der Waals surface area contributed by atoms with E-state index in [2.05, 4.69) is 5.32 Å². The van der Waals surface area contributed by atoms with Crippen molar-refractivity contribution in [1.82, 2.24) is 0 Å². The molecule has 0 aromatic heterocycles. The van der Waals surface area contributed by atoms with Gasteiger partial charge in [-0.3, -0.25) is 9.59 Å². The summed E-state index contributed by atoms with van der Waals surface area (Å²) in [7, 11) is 1.57. The Labute approximate surface area is 123 Å². The number of methoxy groups -OCH3 is 1. The van der Waals surface area contributed by atoms with Gasteiger partial charge in [0.15, 0.2) is 0 Å². The van der Waals surface area contributed by atoms with Gasteiger partial charge in [0.1, 0.15) is 5.75 Å². The second-order valence-corrected chi connectivity index (χ2v) is 5.94. The third kappa shape index (κ3) is 2.48. The lowest BCUT2D eigenvalue weighted by atomic mass is 9.78. The zero-order chi connectivity index (χ0) is 15.0. The summed E-state index contributed by atoms with van der Waals surface area (Å²) in [5.41, 5.74) is 0.645. The lowest BCUT2D eigenvalue weighted by Gasteiger charge is -2.27. The number of carboxylic acid groups (broad SMARTS) is 1. The smallest absolute Gasteiger partial charge is 0.307 e. The predicted molar refractivity (Wildman–Crippen MR) is 77.1 cm³/mol. The van der Waals surface area contributed by atoms with Crippen LogP contribution in [0.5, 0.6) is 5.75 Å². The summed E-state index contributed by atoms with van der Waals surface area (Å²) < 4.78 is 5.13. The van der Waals surface area contributed by atoms with Gasteiger partial charge in [-0.05, 0) is 43.2 Å². The van der Waals surface area contributed by atoms with Gasteiger partial charge in [-0.2, -0.15) is 0 Å². The molecule has 1 amide bonds. The van der Waals surface area contributed by atoms with Crippen molar-refractivity contribution in [1.29, 1.82) is 0 Å². The summed E-state index contributed by atoms with van der Waals surface area (Å²) in [6, 6.07) is 7.11. The molecule has 4 atom stereocenters. The molecule has 2 saturated carbocycles. The molecule has 2 aliphatic rings. The fourth-order valence-electron chi connectivity index (χ4n) is 3.95. The van der Waals surface area contributed by atoms with Crippen molar-refractivity contribution in [3.63, 3.8) is 0 Å². The van der Waals surface area contributed by atoms with Gasteiger partial charge in [0.2, 0.25) is 5.91 Å². The minimum absolute atomic E-state index is 0.161. The monoisotopic (exact) mass is 289 g/mol. The van der Waals surface area contributed by atoms with Crippen LogP contribution in [0.15, 0.2) is 24.3 Å². The maximum atomic E-state index is 12.5. The Bertz CT molecular complexity index is 571. The number of ether oxygens (including phenoxy) is 1. The van der Waals surface area contributed by atoms with Crippen LogP contribution in [0.1, 0.15) is 19.3 Å². The van der Waals surface area contributed by atoms with E-state index >= 15 is 0 Å². The number of rotatable bonds is 4. The van der Waals surface area contributed by atoms with Crippen LogP contribution in [0.2, 0.25) is 0 Å². The van der Waals surface area contributed by atoms with Gasteiger partial charge < -0.3 is 15.2 Å². The van der Waals surface area contributed by atoms with E-state index in [4.69, 9.17) is 4.74 Å². The molecular weight excluding hydrogens is 270 g/mol. The van der Waals surface area contributed by atoms with E-state index in [-0.39, 0.29) is 17.7 Å². The molecular formula is C16H19NO4. The van der Waals surface area contributed by atoms with E-state index in [1.807, 2.05) is 0 Å². The van der Waals surface area contributed by atoms with Crippen molar-refractivity contribution < 1.29 is 19.4 Å². The van der Waals surface area contributed by atoms with Crippen LogP contribution in [-0.4, -0.2) is 24.1 Å². The number of carbonyl (C=O) groups excluding carboxylic acids is 1. The van der Waals surface area contributed by atoms with Crippen molar-refractivity contribution in [2.45, 2.75) is 19.3 Å². The number of aliphatic carboxylic acids is 1. The zero-order valence-corrected chi connectivity index (χ0v) is 11.9. The summed E-state index contributed by atoms with van der Waals surface area (Å²) >= 11 is 0. The van der Waals surface area contributed by atoms with Crippen LogP contribution in [0.25, 0.3) is 0 Å². The second kappa shape index (κ2) is 5.39. The maximum absolute atomic E-state index is 12.5. The molecule has 0 heterocycles. The Morgan fingerprint density at radius 2 is 1.95 bits per heavy atom. The number of fused-ring (bicyclic) bond motifs is 2. The van der Waals surface area contributed by atoms with Crippen molar-refractivity contribution in [2.75, 3.05) is 12.4 Å². The SMILES string of the molecule is COc1cccc(NC(=O)[C@@H]2[C@@H]3CC[C@@H](C3)[C@@H]2C(=O)O)c1. The average Bonchev–Trinajstić information content (AvgIpc) is 3.07. The van der Waals surface area contributed by atoms with E-state index in [0.717, 1.165) is 19.3 Å². The first kappa shape index (κ1) is 13.9. The molecule has 0 spiro atoms. The number of carbonyl (C=O) groups is 2. The molecule has 2 bridgehead atoms. The van der Waals surface area contributed by atoms with Crippen molar-refractivity contribution in [2.24, 2.45) is 23.7 Å². The summed E-state index contributed by atoms with van der Waals surface area (Å²) in [5, 5.41) is 12.2. The Hall–Kier alpha value is -2.04. The molecule has 3 rings (SSSR count). The molecule has 2 fully saturated rings. The third-order valence-corrected chi connectivity index (χ3v) is 4.84. The van der Waals surface area contributed by atoms with Gasteiger partial charge in [-0.1, -0.05) is 6.07 Å². The lowest BCUT2D eigenvalue weighted by molar-refractivity contribution is -0.148. The Balaban J connectivity index is 1.76. The maximum Gasteiger partial charge on any atom is 0.307 e. The van der Waals surface area contributed by atoms with Crippen molar-refractivity contribution in [3.8, 4) is 5.75 Å². The quantitative estimate of drug-likeness (QED) is 0.892. The molecule has 1 aromatic rings. The lowest BCUT2D eigenvalue weighted by Crippen LogP contribution is -2.37. The minimum Gasteiger partial charge on any atom is -0.497 e. The van der Waals surface area contributed by atoms with Crippen molar-refractivity contribution >= 4 is 17.6 Å². The number of hydrogen-bond donors (Lipinski definition) is 2. The number of anilines is 1. The summed E-state index contributed by atoms with van der Waals surface area (Å²) in [4.78, 5) is 24.0. The van der Waals surface area contributed by atoms with Crippen molar-refractivity contribution in [3.05, 3.63) is 24.3 Å². The number of carboxylic acids is 1. The average molecular weight is 289 g/mol. The van der Waals surface area contributed by atoms with Gasteiger partial charge >= 0.3 is 5.97 Å². The van der Waals surface area contributed by atoms with Gasteiger partial charge in [0, 0.05) is 11.8 Å². The largest absolute Gasteiger partial charge is 0.497 e. The van der Waals surface area contributed by atoms with Crippen LogP contribution in [0.4, 0.5) is 5.69 Å². The molecule has 0 saturated heterocycles. The summed E-state index contributed by atoms with van der Waals surface area (Å²) in [6.07, 6.45) is 2.77.